The van der Waals surface area contributed by atoms with Crippen molar-refractivity contribution < 1.29 is 34.1 Å². The molecule has 5 N–H and O–H groups in total. The van der Waals surface area contributed by atoms with Gasteiger partial charge in [0.25, 0.3) is 0 Å². The predicted octanol–water partition coefficient (Wildman–Crippen LogP) is 14.6. The zero-order valence-electron chi connectivity index (χ0n) is 59.8. The van der Waals surface area contributed by atoms with E-state index in [1.54, 1.807) is 22.7 Å². The highest BCUT2D eigenvalue weighted by Gasteiger charge is 2.66. The standard InChI is InChI=1S/C77H103N13O7S2/c1-49-56-24-23-35-88(68(56)86-85-67(49)84-72-81-59-25-20-21-26-61(59)99-72)62-33-32-57(64(82-62)71(95)96)58-39-79-90(52(58)4)47-76-42-74(8)41-75(9,43-76)45-77(44-74,46-76)97-37-36-87(10)34-22-18-16-14-12-11-13-15-17-19-27-63(92)83-66(73(5,6)7)70(94)89-40-55(91)38-60(89)69(93)80-50(2)53-28-30-54(31-29-53)65-51(3)78-48-98-65/h20-21,25-26,28-33,39,48,50,55,60,66,91H,11-19,22-24,27,34-38,40-47H2,1-10H3,(H,80,93)(H,83,92)(H,95,96)(H,81,84,85)/t50-,55+,60-,66+,74?,75?,76?,77?/m0/s1. The number of para-hydroxylation sites is 1. The van der Waals surface area contributed by atoms with Crippen molar-refractivity contribution in [2.45, 2.75) is 227 Å². The number of aliphatic hydroxyl groups excluding tert-OH is 1. The average Bonchev–Trinajstić information content (AvgIpc) is 1.04. The number of thiazole rings is 2. The second-order valence-electron chi connectivity index (χ2n) is 31.7. The van der Waals surface area contributed by atoms with Crippen LogP contribution in [0.25, 0.3) is 31.8 Å². The van der Waals surface area contributed by atoms with Gasteiger partial charge < -0.3 is 45.6 Å². The van der Waals surface area contributed by atoms with Crippen molar-refractivity contribution in [2.75, 3.05) is 50.1 Å². The van der Waals surface area contributed by atoms with Crippen LogP contribution in [0.4, 0.5) is 22.6 Å². The molecule has 3 amide bonds. The lowest BCUT2D eigenvalue weighted by molar-refractivity contribution is -0.248. The Bertz CT molecular complexity index is 4000. The fraction of sp³-hybridized carbons (Fsp3) is 0.584. The molecular weight excluding hydrogens is 1280 g/mol. The lowest BCUT2D eigenvalue weighted by Crippen LogP contribution is -2.64. The Labute approximate surface area is 591 Å². The molecule has 2 aromatic carbocycles. The normalized spacial score (nSPS) is 23.2. The molecule has 4 bridgehead atoms. The number of unbranched alkanes of at least 4 members (excludes halogenated alkanes) is 9. The summed E-state index contributed by atoms with van der Waals surface area (Å²) in [5, 5.41) is 46.1. The van der Waals surface area contributed by atoms with E-state index >= 15 is 0 Å². The minimum atomic E-state index is -1.09. The number of anilines is 4. The van der Waals surface area contributed by atoms with E-state index in [0.717, 1.165) is 156 Å². The molecule has 5 fully saturated rings. The Morgan fingerprint density at radius 3 is 2.21 bits per heavy atom. The summed E-state index contributed by atoms with van der Waals surface area (Å²) in [4.78, 5) is 75.5. The number of ether oxygens (including phenoxy) is 1. The van der Waals surface area contributed by atoms with Crippen LogP contribution in [0.15, 0.2) is 72.4 Å². The first-order chi connectivity index (χ1) is 47.3. The van der Waals surface area contributed by atoms with Gasteiger partial charge in [-0.2, -0.15) is 5.10 Å². The third-order valence-electron chi connectivity index (χ3n) is 21.9. The summed E-state index contributed by atoms with van der Waals surface area (Å²) in [6, 6.07) is 17.9. The number of pyridine rings is 1. The first kappa shape index (κ1) is 71.6. The molecule has 7 heterocycles. The van der Waals surface area contributed by atoms with E-state index in [-0.39, 0.29) is 64.3 Å². The van der Waals surface area contributed by atoms with E-state index in [4.69, 9.17) is 24.9 Å². The fourth-order valence-electron chi connectivity index (χ4n) is 18.1. The smallest absolute Gasteiger partial charge is 0.355 e. The number of β-amino-alcohol motifs (C(OH)–C–C–N with tert-alkyl or cyclic N) is 1. The van der Waals surface area contributed by atoms with Crippen LogP contribution in [0, 0.1) is 42.4 Å². The molecule has 99 heavy (non-hydrogen) atoms. The average molecular weight is 1390 g/mol. The number of nitrogens with zero attached hydrogens (tertiary/aromatic N) is 10. The molecule has 5 aromatic heterocycles. The van der Waals surface area contributed by atoms with Crippen molar-refractivity contribution in [3.8, 4) is 21.6 Å². The molecule has 1 saturated heterocycles. The molecule has 22 heteroatoms. The van der Waals surface area contributed by atoms with E-state index in [9.17, 15) is 29.4 Å². The Hall–Kier alpha value is -7.24. The molecule has 530 valence electrons. The lowest BCUT2D eigenvalue weighted by Gasteiger charge is -2.69. The van der Waals surface area contributed by atoms with Crippen LogP contribution >= 0.6 is 22.7 Å². The van der Waals surface area contributed by atoms with E-state index in [1.807, 2.05) is 113 Å². The zero-order valence-corrected chi connectivity index (χ0v) is 61.5. The fourth-order valence-corrected chi connectivity index (χ4v) is 19.8. The summed E-state index contributed by atoms with van der Waals surface area (Å²) in [5.41, 5.74) is 9.61. The number of rotatable bonds is 30. The molecule has 20 nitrogen and oxygen atoms in total. The maximum absolute atomic E-state index is 14.2. The summed E-state index contributed by atoms with van der Waals surface area (Å²) in [6.45, 7) is 22.8. The van der Waals surface area contributed by atoms with Gasteiger partial charge in [-0.25, -0.2) is 19.7 Å². The monoisotopic (exact) mass is 1390 g/mol. The maximum atomic E-state index is 14.2. The van der Waals surface area contributed by atoms with Gasteiger partial charge in [-0.1, -0.05) is 134 Å². The van der Waals surface area contributed by atoms with E-state index in [2.05, 4.69) is 69.5 Å². The number of aromatic nitrogens is 7. The Balaban J connectivity index is 0.549. The topological polar surface area (TPSA) is 246 Å². The highest BCUT2D eigenvalue weighted by atomic mass is 32.1. The van der Waals surface area contributed by atoms with Crippen LogP contribution in [0.5, 0.6) is 0 Å². The number of carbonyl (C=O) groups excluding carboxylic acids is 3. The van der Waals surface area contributed by atoms with Gasteiger partial charge in [0.1, 0.15) is 17.9 Å². The molecule has 0 spiro atoms. The highest BCUT2D eigenvalue weighted by Crippen LogP contribution is 2.72. The molecule has 4 saturated carbocycles. The summed E-state index contributed by atoms with van der Waals surface area (Å²) >= 11 is 3.16. The summed E-state index contributed by atoms with van der Waals surface area (Å²) < 4.78 is 10.4. The van der Waals surface area contributed by atoms with Crippen molar-refractivity contribution in [3.05, 3.63) is 106 Å². The third-order valence-corrected chi connectivity index (χ3v) is 23.9. The lowest BCUT2D eigenvalue weighted by atomic mass is 9.39. The first-order valence-corrected chi connectivity index (χ1v) is 37.9. The number of hydrogen-bond donors (Lipinski definition) is 5. The summed E-state index contributed by atoms with van der Waals surface area (Å²) in [7, 11) is 2.23. The number of likely N-dealkylation sites (N-methyl/N-ethyl adjacent to an activating group) is 1. The Kier molecular flexibility index (Phi) is 21.5. The van der Waals surface area contributed by atoms with Crippen molar-refractivity contribution in [3.63, 3.8) is 0 Å². The van der Waals surface area contributed by atoms with Gasteiger partial charge in [0, 0.05) is 67.0 Å². The second kappa shape index (κ2) is 29.8. The number of nitrogens with one attached hydrogen (secondary N) is 3. The van der Waals surface area contributed by atoms with Crippen molar-refractivity contribution >= 4 is 79.2 Å². The third kappa shape index (κ3) is 16.3. The molecule has 7 aromatic rings. The molecule has 2 aliphatic heterocycles. The van der Waals surface area contributed by atoms with Crippen LogP contribution in [-0.2, 0) is 32.1 Å². The van der Waals surface area contributed by atoms with E-state index in [0.29, 0.717) is 42.6 Å². The van der Waals surface area contributed by atoms with Gasteiger partial charge >= 0.3 is 5.97 Å². The molecule has 6 atom stereocenters. The summed E-state index contributed by atoms with van der Waals surface area (Å²) in [6.07, 6.45) is 20.9. The van der Waals surface area contributed by atoms with Crippen LogP contribution in [0.2, 0.25) is 0 Å². The molecule has 4 aliphatic carbocycles. The molecular formula is C77H103N13O7S2. The van der Waals surface area contributed by atoms with Gasteiger partial charge in [0.05, 0.1) is 56.8 Å². The molecule has 0 radical (unpaired) electrons. The first-order valence-electron chi connectivity index (χ1n) is 36.2. The minimum Gasteiger partial charge on any atom is -0.476 e. The Morgan fingerprint density at radius 2 is 1.53 bits per heavy atom. The number of amides is 3. The number of aliphatic hydroxyl groups is 1. The molecule has 13 rings (SSSR count). The van der Waals surface area contributed by atoms with Crippen LogP contribution in [-0.4, -0.2) is 142 Å². The SMILES string of the molecule is Cc1ncsc1-c1ccc([C@H](C)NC(=O)[C@@H]2C[C@@H](O)CN2C(=O)[C@@H](NC(=O)CCCCCCCCCCCCN(C)CCOC23CC4(C)CC(C)(CC(Cn5ncc(-c6ccc(N7CCCc8c7nnc(Nc7nc9ccccc9s7)c8C)nc6C(=O)O)c5C)(C4)C2)C3)C(C)(C)C)cc1. The summed E-state index contributed by atoms with van der Waals surface area (Å²) in [5.74, 6) is -0.0483. The predicted molar refractivity (Wildman–Crippen MR) is 392 cm³/mol. The number of carboxylic acids is 1. The molecule has 6 aliphatic rings. The van der Waals surface area contributed by atoms with Crippen molar-refractivity contribution in [2.24, 2.45) is 21.7 Å². The van der Waals surface area contributed by atoms with Gasteiger partial charge in [0.15, 0.2) is 22.5 Å². The number of likely N-dealkylation sites (tertiary alicyclic amines) is 1. The Morgan fingerprint density at radius 1 is 0.818 bits per heavy atom. The van der Waals surface area contributed by atoms with Crippen LogP contribution < -0.4 is 20.9 Å². The number of fused-ring (bicyclic) bond motifs is 2. The highest BCUT2D eigenvalue weighted by molar-refractivity contribution is 7.22. The van der Waals surface area contributed by atoms with Crippen LogP contribution in [0.3, 0.4) is 0 Å². The maximum Gasteiger partial charge on any atom is 0.355 e. The van der Waals surface area contributed by atoms with Crippen molar-refractivity contribution in [1.82, 2.24) is 55.4 Å². The number of hydrogen-bond acceptors (Lipinski definition) is 17. The minimum absolute atomic E-state index is 0.00753. The van der Waals surface area contributed by atoms with Gasteiger partial charge in [-0.3, -0.25) is 19.1 Å². The van der Waals surface area contributed by atoms with Gasteiger partial charge in [0.2, 0.25) is 17.7 Å². The van der Waals surface area contributed by atoms with Crippen LogP contribution in [0.1, 0.15) is 208 Å². The number of aromatic carboxylic acids is 1. The number of carboxylic acid groups (broad SMARTS) is 1. The van der Waals surface area contributed by atoms with Gasteiger partial charge in [-0.15, -0.1) is 21.5 Å². The van der Waals surface area contributed by atoms with Gasteiger partial charge in [-0.05, 0) is 163 Å². The molecule has 2 unspecified atom stereocenters. The quantitative estimate of drug-likeness (QED) is 0.0263. The number of aryl methyl sites for hydroxylation is 1. The largest absolute Gasteiger partial charge is 0.476 e. The second-order valence-corrected chi connectivity index (χ2v) is 33.6. The number of carbonyl (C=O) groups is 4. The van der Waals surface area contributed by atoms with E-state index in [1.165, 1.54) is 43.4 Å². The zero-order chi connectivity index (χ0) is 70.0. The number of benzene rings is 2. The van der Waals surface area contributed by atoms with Crippen molar-refractivity contribution in [1.29, 1.82) is 0 Å². The van der Waals surface area contributed by atoms with E-state index < -0.39 is 29.6 Å².